The molecule has 1 heterocycles. The van der Waals surface area contributed by atoms with E-state index in [1.165, 1.54) is 0 Å². The van der Waals surface area contributed by atoms with Crippen LogP contribution < -0.4 is 4.90 Å². The Bertz CT molecular complexity index is 1110. The van der Waals surface area contributed by atoms with E-state index in [1.54, 1.807) is 4.90 Å². The van der Waals surface area contributed by atoms with E-state index >= 15 is 0 Å². The number of carbonyl (C=O) groups is 1. The Hall–Kier alpha value is -2.60. The number of rotatable bonds is 8. The highest BCUT2D eigenvalue weighted by atomic mass is 79.9. The lowest BCUT2D eigenvalue weighted by molar-refractivity contribution is -0.116. The second-order valence-corrected chi connectivity index (χ2v) is 10.6. The Morgan fingerprint density at radius 3 is 2.53 bits per heavy atom. The zero-order valence-corrected chi connectivity index (χ0v) is 20.7. The van der Waals surface area contributed by atoms with Crippen molar-refractivity contribution in [3.05, 3.63) is 52.6 Å². The normalized spacial score (nSPS) is 24.0. The summed E-state index contributed by atoms with van der Waals surface area (Å²) in [5.74, 6) is -3.59. The standard InChI is InChI=1S/C25H27BrF2N4O2/c1-17(5-4-14-29)20(33)32(19-7-3-6-18(26)15-19)16-24-8-11-25(12-9-24,13-10-24)21-30-22(34-31-21)23(2,27)28/h3,6-7,15H,1,4-5,8-13,16H2,2H3. The molecular weight excluding hydrogens is 506 g/mol. The van der Waals surface area contributed by atoms with E-state index in [1.807, 2.05) is 24.3 Å². The molecule has 9 heteroatoms. The zero-order valence-electron chi connectivity index (χ0n) is 19.1. The first kappa shape index (κ1) is 24.5. The third-order valence-corrected chi connectivity index (χ3v) is 7.87. The fourth-order valence-electron chi connectivity index (χ4n) is 5.22. The maximum absolute atomic E-state index is 13.6. The molecule has 180 valence electrons. The van der Waals surface area contributed by atoms with Gasteiger partial charge in [-0.15, -0.1) is 0 Å². The highest BCUT2D eigenvalue weighted by Crippen LogP contribution is 2.57. The van der Waals surface area contributed by atoms with Crippen molar-refractivity contribution in [1.82, 2.24) is 10.1 Å². The van der Waals surface area contributed by atoms with Crippen molar-refractivity contribution >= 4 is 27.5 Å². The van der Waals surface area contributed by atoms with Crippen molar-refractivity contribution in [3.8, 4) is 6.07 Å². The Labute approximate surface area is 206 Å². The van der Waals surface area contributed by atoms with Gasteiger partial charge in [0, 0.05) is 41.0 Å². The number of carbonyl (C=O) groups excluding carboxylic acids is 1. The van der Waals surface area contributed by atoms with Crippen molar-refractivity contribution in [3.63, 3.8) is 0 Å². The third kappa shape index (κ3) is 4.78. The molecule has 3 aliphatic rings. The van der Waals surface area contributed by atoms with Crippen molar-refractivity contribution < 1.29 is 18.1 Å². The summed E-state index contributed by atoms with van der Waals surface area (Å²) in [6.07, 6.45) is 5.36. The average Bonchev–Trinajstić information content (AvgIpc) is 3.34. The van der Waals surface area contributed by atoms with Crippen LogP contribution in [0.4, 0.5) is 14.5 Å². The van der Waals surface area contributed by atoms with Crippen LogP contribution in [0.1, 0.15) is 70.0 Å². The second kappa shape index (κ2) is 9.21. The van der Waals surface area contributed by atoms with Gasteiger partial charge in [0.05, 0.1) is 6.07 Å². The molecule has 2 bridgehead atoms. The lowest BCUT2D eigenvalue weighted by atomic mass is 9.53. The number of amides is 1. The molecule has 1 aromatic carbocycles. The molecule has 0 atom stereocenters. The number of halogens is 3. The van der Waals surface area contributed by atoms with Gasteiger partial charge >= 0.3 is 5.92 Å². The van der Waals surface area contributed by atoms with Crippen molar-refractivity contribution in [2.24, 2.45) is 5.41 Å². The quantitative estimate of drug-likeness (QED) is 0.366. The predicted octanol–water partition coefficient (Wildman–Crippen LogP) is 6.43. The molecule has 0 saturated heterocycles. The molecule has 0 spiro atoms. The van der Waals surface area contributed by atoms with Gasteiger partial charge in [-0.2, -0.15) is 19.0 Å². The van der Waals surface area contributed by atoms with Gasteiger partial charge in [-0.25, -0.2) is 0 Å². The minimum atomic E-state index is -3.16. The smallest absolute Gasteiger partial charge is 0.322 e. The number of hydrogen-bond acceptors (Lipinski definition) is 5. The number of hydrogen-bond donors (Lipinski definition) is 0. The fraction of sp³-hybridized carbons (Fsp3) is 0.520. The molecule has 3 saturated carbocycles. The summed E-state index contributed by atoms with van der Waals surface area (Å²) in [6.45, 7) is 5.24. The minimum Gasteiger partial charge on any atom is -0.333 e. The zero-order chi connectivity index (χ0) is 24.6. The Morgan fingerprint density at radius 1 is 1.29 bits per heavy atom. The first-order valence-electron chi connectivity index (χ1n) is 11.4. The maximum Gasteiger partial charge on any atom is 0.322 e. The lowest BCUT2D eigenvalue weighted by Gasteiger charge is -2.53. The van der Waals surface area contributed by atoms with Crippen LogP contribution in [-0.4, -0.2) is 22.6 Å². The summed E-state index contributed by atoms with van der Waals surface area (Å²) in [7, 11) is 0. The van der Waals surface area contributed by atoms with Crippen LogP contribution in [0.3, 0.4) is 0 Å². The third-order valence-electron chi connectivity index (χ3n) is 7.38. The van der Waals surface area contributed by atoms with E-state index in [-0.39, 0.29) is 23.2 Å². The highest BCUT2D eigenvalue weighted by Gasteiger charge is 2.53. The minimum absolute atomic E-state index is 0.0868. The number of benzene rings is 1. The SMILES string of the molecule is C=C(CCC#N)C(=O)N(CC12CCC(c3noc(C(C)(F)F)n3)(CC1)CC2)c1cccc(Br)c1. The second-order valence-electron chi connectivity index (χ2n) is 9.72. The molecule has 1 aromatic heterocycles. The van der Waals surface area contributed by atoms with Gasteiger partial charge in [-0.3, -0.25) is 4.79 Å². The van der Waals surface area contributed by atoms with E-state index in [4.69, 9.17) is 9.78 Å². The lowest BCUT2D eigenvalue weighted by Crippen LogP contribution is -2.51. The van der Waals surface area contributed by atoms with Gasteiger partial charge < -0.3 is 9.42 Å². The molecular formula is C25H27BrF2N4O2. The number of alkyl halides is 2. The average molecular weight is 533 g/mol. The largest absolute Gasteiger partial charge is 0.333 e. The van der Waals surface area contributed by atoms with Gasteiger partial charge in [0.15, 0.2) is 5.82 Å². The van der Waals surface area contributed by atoms with Gasteiger partial charge in [0.2, 0.25) is 0 Å². The van der Waals surface area contributed by atoms with E-state index in [9.17, 15) is 13.6 Å². The van der Waals surface area contributed by atoms with Crippen LogP contribution >= 0.6 is 15.9 Å². The molecule has 2 aromatic rings. The van der Waals surface area contributed by atoms with Gasteiger partial charge in [-0.05, 0) is 68.6 Å². The molecule has 1 amide bonds. The summed E-state index contributed by atoms with van der Waals surface area (Å²) in [4.78, 5) is 19.2. The Balaban J connectivity index is 1.54. The van der Waals surface area contributed by atoms with Crippen LogP contribution in [0.5, 0.6) is 0 Å². The number of nitriles is 1. The van der Waals surface area contributed by atoms with Gasteiger partial charge in [-0.1, -0.05) is 33.7 Å². The van der Waals surface area contributed by atoms with Crippen LogP contribution in [0.15, 0.2) is 45.4 Å². The number of aromatic nitrogens is 2. The van der Waals surface area contributed by atoms with Crippen molar-refractivity contribution in [2.75, 3.05) is 11.4 Å². The van der Waals surface area contributed by atoms with Crippen LogP contribution in [-0.2, 0) is 16.1 Å². The summed E-state index contributed by atoms with van der Waals surface area (Å²) in [5, 5.41) is 12.8. The molecule has 3 aliphatic carbocycles. The van der Waals surface area contributed by atoms with Gasteiger partial charge in [0.1, 0.15) is 0 Å². The first-order valence-corrected chi connectivity index (χ1v) is 12.2. The molecule has 0 aliphatic heterocycles. The summed E-state index contributed by atoms with van der Waals surface area (Å²) >= 11 is 3.49. The molecule has 6 nitrogen and oxygen atoms in total. The monoisotopic (exact) mass is 532 g/mol. The van der Waals surface area contributed by atoms with Crippen molar-refractivity contribution in [1.29, 1.82) is 5.26 Å². The molecule has 0 N–H and O–H groups in total. The van der Waals surface area contributed by atoms with Crippen LogP contribution in [0.2, 0.25) is 0 Å². The summed E-state index contributed by atoms with van der Waals surface area (Å²) in [6, 6.07) is 9.68. The molecule has 0 radical (unpaired) electrons. The van der Waals surface area contributed by atoms with E-state index in [0.29, 0.717) is 24.4 Å². The maximum atomic E-state index is 13.6. The number of nitrogens with zero attached hydrogens (tertiary/aromatic N) is 4. The fourth-order valence-corrected chi connectivity index (χ4v) is 5.60. The van der Waals surface area contributed by atoms with Crippen LogP contribution in [0, 0.1) is 16.7 Å². The van der Waals surface area contributed by atoms with E-state index in [2.05, 4.69) is 38.7 Å². The number of anilines is 1. The first-order chi connectivity index (χ1) is 16.1. The van der Waals surface area contributed by atoms with Gasteiger partial charge in [0.25, 0.3) is 11.8 Å². The highest BCUT2D eigenvalue weighted by molar-refractivity contribution is 9.10. The molecule has 0 unspecified atom stereocenters. The molecule has 5 rings (SSSR count). The summed E-state index contributed by atoms with van der Waals surface area (Å²) in [5.41, 5.74) is 0.757. The Kier molecular flexibility index (Phi) is 6.65. The molecule has 34 heavy (non-hydrogen) atoms. The number of fused-ring (bicyclic) bond motifs is 3. The van der Waals surface area contributed by atoms with E-state index < -0.39 is 11.8 Å². The van der Waals surface area contributed by atoms with Crippen molar-refractivity contribution in [2.45, 2.75) is 69.6 Å². The topological polar surface area (TPSA) is 83.0 Å². The molecule has 3 fully saturated rings. The summed E-state index contributed by atoms with van der Waals surface area (Å²) < 4.78 is 33.0. The Morgan fingerprint density at radius 2 is 1.97 bits per heavy atom. The van der Waals surface area contributed by atoms with Crippen LogP contribution in [0.25, 0.3) is 0 Å². The van der Waals surface area contributed by atoms with E-state index in [0.717, 1.165) is 55.6 Å². The predicted molar refractivity (Wildman–Crippen MR) is 126 cm³/mol.